The SMILES string of the molecule is CCNC(=NCc1ccc(OCC)c(OC)c1)NCC(c1ccco1)N1CCCC1. The second-order valence-corrected chi connectivity index (χ2v) is 7.27. The normalized spacial score (nSPS) is 15.8. The molecule has 1 fully saturated rings. The van der Waals surface area contributed by atoms with Gasteiger partial charge < -0.3 is 24.5 Å². The van der Waals surface area contributed by atoms with Gasteiger partial charge in [-0.05, 0) is 69.6 Å². The summed E-state index contributed by atoms with van der Waals surface area (Å²) >= 11 is 0. The van der Waals surface area contributed by atoms with Gasteiger partial charge in [-0.25, -0.2) is 4.99 Å². The number of likely N-dealkylation sites (tertiary alicyclic amines) is 1. The predicted molar refractivity (Wildman–Crippen MR) is 119 cm³/mol. The molecule has 2 aromatic rings. The van der Waals surface area contributed by atoms with Crippen molar-refractivity contribution in [1.82, 2.24) is 15.5 Å². The Morgan fingerprint density at radius 1 is 1.17 bits per heavy atom. The van der Waals surface area contributed by atoms with Crippen molar-refractivity contribution in [2.24, 2.45) is 4.99 Å². The van der Waals surface area contributed by atoms with Crippen molar-refractivity contribution < 1.29 is 13.9 Å². The van der Waals surface area contributed by atoms with E-state index in [2.05, 4.69) is 28.5 Å². The summed E-state index contributed by atoms with van der Waals surface area (Å²) in [5, 5.41) is 6.84. The Bertz CT molecular complexity index is 786. The van der Waals surface area contributed by atoms with Crippen molar-refractivity contribution in [1.29, 1.82) is 0 Å². The summed E-state index contributed by atoms with van der Waals surface area (Å²) in [5.74, 6) is 3.27. The third-order valence-electron chi connectivity index (χ3n) is 5.21. The number of aliphatic imine (C=N–C) groups is 1. The molecular formula is C23H34N4O3. The van der Waals surface area contributed by atoms with E-state index in [1.54, 1.807) is 13.4 Å². The van der Waals surface area contributed by atoms with Crippen molar-refractivity contribution in [2.45, 2.75) is 39.3 Å². The van der Waals surface area contributed by atoms with Crippen LogP contribution in [0.5, 0.6) is 11.5 Å². The van der Waals surface area contributed by atoms with Gasteiger partial charge in [-0.3, -0.25) is 4.90 Å². The van der Waals surface area contributed by atoms with E-state index in [1.807, 2.05) is 31.2 Å². The van der Waals surface area contributed by atoms with Crippen LogP contribution in [0.4, 0.5) is 0 Å². The summed E-state index contributed by atoms with van der Waals surface area (Å²) in [6, 6.07) is 10.2. The van der Waals surface area contributed by atoms with Crippen molar-refractivity contribution >= 4 is 5.96 Å². The molecule has 1 aliphatic heterocycles. The zero-order valence-electron chi connectivity index (χ0n) is 18.3. The summed E-state index contributed by atoms with van der Waals surface area (Å²) in [6.07, 6.45) is 4.23. The molecule has 2 heterocycles. The zero-order chi connectivity index (χ0) is 21.2. The number of methoxy groups -OCH3 is 1. The number of hydrogen-bond acceptors (Lipinski definition) is 5. The number of nitrogens with zero attached hydrogens (tertiary/aromatic N) is 2. The van der Waals surface area contributed by atoms with E-state index in [9.17, 15) is 0 Å². The molecule has 1 saturated heterocycles. The van der Waals surface area contributed by atoms with Gasteiger partial charge in [0.25, 0.3) is 0 Å². The quantitative estimate of drug-likeness (QED) is 0.457. The van der Waals surface area contributed by atoms with Crippen molar-refractivity contribution in [3.05, 3.63) is 47.9 Å². The van der Waals surface area contributed by atoms with Gasteiger partial charge in [0, 0.05) is 13.1 Å². The van der Waals surface area contributed by atoms with Gasteiger partial charge in [0.1, 0.15) is 5.76 Å². The van der Waals surface area contributed by atoms with Crippen LogP contribution in [0.15, 0.2) is 46.0 Å². The molecule has 1 aliphatic rings. The number of rotatable bonds is 10. The molecular weight excluding hydrogens is 380 g/mol. The summed E-state index contributed by atoms with van der Waals surface area (Å²) in [4.78, 5) is 7.24. The van der Waals surface area contributed by atoms with Crippen LogP contribution in [0.3, 0.4) is 0 Å². The Morgan fingerprint density at radius 2 is 2.00 bits per heavy atom. The van der Waals surface area contributed by atoms with Gasteiger partial charge in [-0.2, -0.15) is 0 Å². The molecule has 3 rings (SSSR count). The standard InChI is InChI=1S/C23H34N4O3/c1-4-24-23(25-16-18-10-11-21(29-5-2)22(15-18)28-3)26-17-19(20-9-8-14-30-20)27-12-6-7-13-27/h8-11,14-15,19H,4-7,12-13,16-17H2,1-3H3,(H2,24,25,26). The van der Waals surface area contributed by atoms with Gasteiger partial charge in [-0.15, -0.1) is 0 Å². The number of hydrogen-bond donors (Lipinski definition) is 2. The molecule has 0 amide bonds. The van der Waals surface area contributed by atoms with E-state index in [-0.39, 0.29) is 6.04 Å². The fourth-order valence-electron chi connectivity index (χ4n) is 3.73. The summed E-state index contributed by atoms with van der Waals surface area (Å²) in [7, 11) is 1.66. The van der Waals surface area contributed by atoms with E-state index in [4.69, 9.17) is 18.9 Å². The number of benzene rings is 1. The lowest BCUT2D eigenvalue weighted by molar-refractivity contribution is 0.215. The molecule has 164 valence electrons. The van der Waals surface area contributed by atoms with Gasteiger partial charge in [0.05, 0.1) is 32.6 Å². The molecule has 1 atom stereocenters. The zero-order valence-corrected chi connectivity index (χ0v) is 18.3. The Balaban J connectivity index is 1.66. The fourth-order valence-corrected chi connectivity index (χ4v) is 3.73. The lowest BCUT2D eigenvalue weighted by Crippen LogP contribution is -2.42. The maximum Gasteiger partial charge on any atom is 0.191 e. The summed E-state index contributed by atoms with van der Waals surface area (Å²) in [6.45, 7) is 8.94. The highest BCUT2D eigenvalue weighted by Gasteiger charge is 2.25. The Kier molecular flexibility index (Phi) is 8.44. The molecule has 7 heteroatoms. The summed E-state index contributed by atoms with van der Waals surface area (Å²) in [5.41, 5.74) is 1.06. The molecule has 0 aliphatic carbocycles. The third-order valence-corrected chi connectivity index (χ3v) is 5.21. The van der Waals surface area contributed by atoms with Crippen LogP contribution < -0.4 is 20.1 Å². The number of furan rings is 1. The molecule has 1 aromatic heterocycles. The average molecular weight is 415 g/mol. The summed E-state index contributed by atoms with van der Waals surface area (Å²) < 4.78 is 16.8. The van der Waals surface area contributed by atoms with Gasteiger partial charge in [0.15, 0.2) is 17.5 Å². The first-order chi connectivity index (χ1) is 14.7. The van der Waals surface area contributed by atoms with Gasteiger partial charge in [-0.1, -0.05) is 6.07 Å². The molecule has 1 aromatic carbocycles. The number of ether oxygens (including phenoxy) is 2. The first-order valence-corrected chi connectivity index (χ1v) is 10.8. The number of guanidine groups is 1. The van der Waals surface area contributed by atoms with Crippen molar-refractivity contribution in [3.63, 3.8) is 0 Å². The minimum Gasteiger partial charge on any atom is -0.493 e. The Morgan fingerprint density at radius 3 is 2.67 bits per heavy atom. The Hall–Kier alpha value is -2.67. The second-order valence-electron chi connectivity index (χ2n) is 7.27. The maximum absolute atomic E-state index is 5.72. The molecule has 0 bridgehead atoms. The second kappa shape index (κ2) is 11.5. The molecule has 1 unspecified atom stereocenters. The molecule has 2 N–H and O–H groups in total. The number of nitrogens with one attached hydrogen (secondary N) is 2. The topological polar surface area (TPSA) is 71.3 Å². The van der Waals surface area contributed by atoms with Crippen LogP contribution in [0, 0.1) is 0 Å². The maximum atomic E-state index is 5.72. The first kappa shape index (κ1) is 22.0. The van der Waals surface area contributed by atoms with Crippen molar-refractivity contribution in [2.75, 3.05) is 39.9 Å². The highest BCUT2D eigenvalue weighted by atomic mass is 16.5. The van der Waals surface area contributed by atoms with E-state index in [0.717, 1.165) is 55.0 Å². The highest BCUT2D eigenvalue weighted by Crippen LogP contribution is 2.28. The molecule has 0 spiro atoms. The van der Waals surface area contributed by atoms with Crippen LogP contribution >= 0.6 is 0 Å². The van der Waals surface area contributed by atoms with E-state index in [1.165, 1.54) is 12.8 Å². The van der Waals surface area contributed by atoms with Crippen molar-refractivity contribution in [3.8, 4) is 11.5 Å². The molecule has 30 heavy (non-hydrogen) atoms. The minimum absolute atomic E-state index is 0.205. The molecule has 7 nitrogen and oxygen atoms in total. The van der Waals surface area contributed by atoms with Crippen LogP contribution in [0.2, 0.25) is 0 Å². The van der Waals surface area contributed by atoms with Crippen LogP contribution in [-0.2, 0) is 6.54 Å². The monoisotopic (exact) mass is 414 g/mol. The lowest BCUT2D eigenvalue weighted by Gasteiger charge is -2.26. The smallest absolute Gasteiger partial charge is 0.191 e. The van der Waals surface area contributed by atoms with E-state index < -0.39 is 0 Å². The fraction of sp³-hybridized carbons (Fsp3) is 0.522. The van der Waals surface area contributed by atoms with Gasteiger partial charge in [0.2, 0.25) is 0 Å². The van der Waals surface area contributed by atoms with E-state index >= 15 is 0 Å². The van der Waals surface area contributed by atoms with Crippen LogP contribution in [-0.4, -0.2) is 50.8 Å². The molecule has 0 saturated carbocycles. The Labute approximate surface area is 179 Å². The van der Waals surface area contributed by atoms with Crippen LogP contribution in [0.1, 0.15) is 44.1 Å². The minimum atomic E-state index is 0.205. The van der Waals surface area contributed by atoms with Gasteiger partial charge >= 0.3 is 0 Å². The predicted octanol–water partition coefficient (Wildman–Crippen LogP) is 3.58. The molecule has 0 radical (unpaired) electrons. The van der Waals surface area contributed by atoms with Crippen LogP contribution in [0.25, 0.3) is 0 Å². The lowest BCUT2D eigenvalue weighted by atomic mass is 10.2. The first-order valence-electron chi connectivity index (χ1n) is 10.8. The largest absolute Gasteiger partial charge is 0.493 e. The van der Waals surface area contributed by atoms with E-state index in [0.29, 0.717) is 13.2 Å². The highest BCUT2D eigenvalue weighted by molar-refractivity contribution is 5.79. The third kappa shape index (κ3) is 5.92. The average Bonchev–Trinajstić information content (AvgIpc) is 3.48.